The summed E-state index contributed by atoms with van der Waals surface area (Å²) in [5, 5.41) is 1.50. The lowest BCUT2D eigenvalue weighted by Crippen LogP contribution is -2.31. The summed E-state index contributed by atoms with van der Waals surface area (Å²) in [5.41, 5.74) is 9.75. The van der Waals surface area contributed by atoms with Gasteiger partial charge >= 0.3 is 0 Å². The minimum atomic E-state index is -0.512. The van der Waals surface area contributed by atoms with E-state index in [-0.39, 0.29) is 68.3 Å². The van der Waals surface area contributed by atoms with E-state index in [4.69, 9.17) is 22.1 Å². The molecule has 9 aromatic carbocycles. The largest absolute Gasteiger partial charge is 0.458 e. The van der Waals surface area contributed by atoms with Crippen LogP contribution in [0.15, 0.2) is 218 Å². The average molecular weight is 1040 g/mol. The Morgan fingerprint density at radius 2 is 1.18 bits per heavy atom. The van der Waals surface area contributed by atoms with Crippen molar-refractivity contribution < 1.29 is 27.1 Å². The van der Waals surface area contributed by atoms with Gasteiger partial charge in [-0.15, -0.1) is 0 Å². The third-order valence-corrected chi connectivity index (χ3v) is 15.3. The molecule has 0 aliphatic carbocycles. The van der Waals surface area contributed by atoms with Gasteiger partial charge in [-0.3, -0.25) is 13.7 Å². The molecule has 0 atom stereocenters. The van der Waals surface area contributed by atoms with E-state index in [9.17, 15) is 5.48 Å². The van der Waals surface area contributed by atoms with Crippen LogP contribution < -0.4 is 9.30 Å². The predicted octanol–water partition coefficient (Wildman–Crippen LogP) is 18.9. The molecule has 0 amide bonds. The molecular weight excluding hydrogens is 963 g/mol. The summed E-state index contributed by atoms with van der Waals surface area (Å²) < 4.78 is 130. The molecule has 13 aromatic rings. The summed E-state index contributed by atoms with van der Waals surface area (Å²) in [7, 11) is 0. The van der Waals surface area contributed by atoms with Crippen molar-refractivity contribution in [2.45, 2.75) is 85.0 Å². The molecular formula is C73H65N5O. The van der Waals surface area contributed by atoms with Crippen molar-refractivity contribution in [3.63, 3.8) is 0 Å². The van der Waals surface area contributed by atoms with Crippen molar-refractivity contribution in [3.05, 3.63) is 241 Å². The first-order chi connectivity index (χ1) is 43.7. The maximum Gasteiger partial charge on any atom is 0.269 e. The van der Waals surface area contributed by atoms with Crippen LogP contribution in [0.5, 0.6) is 11.5 Å². The molecule has 0 unspecified atom stereocenters. The van der Waals surface area contributed by atoms with E-state index >= 15 is 0 Å². The Morgan fingerprint density at radius 3 is 1.89 bits per heavy atom. The Bertz CT molecular complexity index is 5120. The Balaban J connectivity index is 0.987. The highest BCUT2D eigenvalue weighted by Gasteiger charge is 2.25. The SMILES string of the molecule is [2H]c1c([2H])c([2H])c(-c2cccc(-c3cc(C(C)(C)C)cc(C(C)(C)C)c3)c2-[n+]2[c-]n(-c3cccc(Oc4ccc5c6cc(-n7c8c([2H])c([2H])c([2H])c([2H])c8c8c([2H])c([2H])c([2H])c([2H])c87)ccc6n(-c6cc(C(CC)CC)ccn6)c5c4)c3)c3ccccc32)c([2H])c1[2H]. The standard InChI is InChI=1S/C73H65N5O/c1-9-48(10-2)50-38-39-74-70(42-50)78-66-37-34-55(77-64-30-16-14-26-60(64)61-27-15-17-31-65(61)77)45-63(66)62-36-35-57(46-69(62)78)79-56-25-20-24-54(44-56)75-47-76(68-33-19-18-32-67(68)75)71-58(49-22-12-11-13-23-49)28-21-29-59(71)51-40-52(72(3,4)5)43-53(41-51)73(6,7)8/h11-46,48H,9-10H2,1-8H3/i11D,12D,13D,14D,15D,16D,17D,22D,23D,26D,27D,30D,31D. The van der Waals surface area contributed by atoms with Gasteiger partial charge in [0.2, 0.25) is 0 Å². The fourth-order valence-electron chi connectivity index (χ4n) is 11.2. The van der Waals surface area contributed by atoms with Gasteiger partial charge in [-0.05, 0) is 141 Å². The van der Waals surface area contributed by atoms with Gasteiger partial charge in [-0.25, -0.2) is 4.98 Å². The molecule has 4 heterocycles. The van der Waals surface area contributed by atoms with Gasteiger partial charge in [0.1, 0.15) is 17.3 Å². The van der Waals surface area contributed by atoms with E-state index in [1.807, 2.05) is 118 Å². The van der Waals surface area contributed by atoms with E-state index in [0.717, 1.165) is 73.5 Å². The first kappa shape index (κ1) is 36.9. The molecule has 13 rings (SSSR count). The number of para-hydroxylation sites is 5. The van der Waals surface area contributed by atoms with Crippen LogP contribution in [0.25, 0.3) is 99.8 Å². The fourth-order valence-corrected chi connectivity index (χ4v) is 11.2. The summed E-state index contributed by atoms with van der Waals surface area (Å²) >= 11 is 0. The van der Waals surface area contributed by atoms with Crippen molar-refractivity contribution in [1.82, 2.24) is 18.7 Å². The van der Waals surface area contributed by atoms with Crippen LogP contribution in [0, 0.1) is 6.33 Å². The van der Waals surface area contributed by atoms with Gasteiger partial charge in [0.15, 0.2) is 0 Å². The molecule has 0 aliphatic heterocycles. The molecule has 0 saturated carbocycles. The summed E-state index contributed by atoms with van der Waals surface area (Å²) in [6.07, 6.45) is 7.34. The van der Waals surface area contributed by atoms with Crippen LogP contribution in [0.3, 0.4) is 0 Å². The number of rotatable bonds is 11. The monoisotopic (exact) mass is 1040 g/mol. The number of imidazole rings is 1. The highest BCUT2D eigenvalue weighted by Crippen LogP contribution is 2.42. The lowest BCUT2D eigenvalue weighted by molar-refractivity contribution is -0.571. The van der Waals surface area contributed by atoms with Crippen molar-refractivity contribution >= 4 is 54.6 Å². The molecule has 0 saturated heterocycles. The van der Waals surface area contributed by atoms with Crippen LogP contribution in [0.4, 0.5) is 0 Å². The first-order valence-corrected chi connectivity index (χ1v) is 26.9. The van der Waals surface area contributed by atoms with Crippen molar-refractivity contribution in [1.29, 1.82) is 0 Å². The Labute approximate surface area is 481 Å². The van der Waals surface area contributed by atoms with Gasteiger partial charge < -0.3 is 9.30 Å². The summed E-state index contributed by atoms with van der Waals surface area (Å²) in [6.45, 7) is 17.4. The van der Waals surface area contributed by atoms with E-state index in [0.29, 0.717) is 39.9 Å². The quantitative estimate of drug-likeness (QED) is 0.0957. The highest BCUT2D eigenvalue weighted by atomic mass is 16.5. The second-order valence-electron chi connectivity index (χ2n) is 22.3. The van der Waals surface area contributed by atoms with Gasteiger partial charge in [-0.2, -0.15) is 0 Å². The number of nitrogens with zero attached hydrogens (tertiary/aromatic N) is 5. The summed E-state index contributed by atoms with van der Waals surface area (Å²) in [4.78, 5) is 4.96. The van der Waals surface area contributed by atoms with E-state index < -0.39 is 54.4 Å². The number of ether oxygens (including phenoxy) is 1. The molecule has 0 N–H and O–H groups in total. The van der Waals surface area contributed by atoms with Crippen LogP contribution in [0.2, 0.25) is 0 Å². The fraction of sp³-hybridized carbons (Fsp3) is 0.178. The molecule has 0 aliphatic rings. The van der Waals surface area contributed by atoms with Crippen molar-refractivity contribution in [2.75, 3.05) is 0 Å². The first-order valence-electron chi connectivity index (χ1n) is 33.4. The number of pyridine rings is 1. The molecule has 388 valence electrons. The van der Waals surface area contributed by atoms with E-state index in [2.05, 4.69) is 90.5 Å². The smallest absolute Gasteiger partial charge is 0.269 e. The van der Waals surface area contributed by atoms with Crippen molar-refractivity contribution in [2.24, 2.45) is 0 Å². The third-order valence-electron chi connectivity index (χ3n) is 15.3. The second-order valence-corrected chi connectivity index (χ2v) is 22.3. The number of benzene rings is 9. The Morgan fingerprint density at radius 1 is 0.519 bits per heavy atom. The Kier molecular flexibility index (Phi) is 9.10. The van der Waals surface area contributed by atoms with Gasteiger partial charge in [0.25, 0.3) is 6.33 Å². The van der Waals surface area contributed by atoms with Gasteiger partial charge in [0, 0.05) is 39.5 Å². The van der Waals surface area contributed by atoms with Crippen molar-refractivity contribution in [3.8, 4) is 56.6 Å². The predicted molar refractivity (Wildman–Crippen MR) is 328 cm³/mol. The number of fused-ring (bicyclic) bond motifs is 7. The number of hydrogen-bond acceptors (Lipinski definition) is 2. The molecule has 6 heteroatoms. The van der Waals surface area contributed by atoms with Crippen LogP contribution >= 0.6 is 0 Å². The second kappa shape index (κ2) is 19.5. The zero-order valence-corrected chi connectivity index (χ0v) is 45.4. The van der Waals surface area contributed by atoms with Gasteiger partial charge in [-0.1, -0.05) is 189 Å². The molecule has 4 aromatic heterocycles. The zero-order chi connectivity index (χ0) is 65.5. The number of hydrogen-bond donors (Lipinski definition) is 0. The lowest BCUT2D eigenvalue weighted by Gasteiger charge is -2.27. The van der Waals surface area contributed by atoms with Crippen LogP contribution in [-0.2, 0) is 10.8 Å². The normalized spacial score (nSPS) is 14.6. The molecule has 0 spiro atoms. The minimum Gasteiger partial charge on any atom is -0.458 e. The molecule has 0 fully saturated rings. The topological polar surface area (TPSA) is 40.8 Å². The molecule has 6 nitrogen and oxygen atoms in total. The summed E-state index contributed by atoms with van der Waals surface area (Å²) in [5.74, 6) is 1.91. The average Bonchev–Trinajstić information content (AvgIpc) is 1.53. The maximum atomic E-state index is 9.30. The third kappa shape index (κ3) is 8.76. The lowest BCUT2D eigenvalue weighted by atomic mass is 9.78. The number of aromatic nitrogens is 5. The maximum absolute atomic E-state index is 9.30. The molecule has 0 bridgehead atoms. The van der Waals surface area contributed by atoms with E-state index in [1.54, 1.807) is 6.07 Å². The van der Waals surface area contributed by atoms with Crippen LogP contribution in [0.1, 0.15) is 109 Å². The summed E-state index contributed by atoms with van der Waals surface area (Å²) in [6, 6.07) is 37.7. The zero-order valence-electron chi connectivity index (χ0n) is 58.4. The van der Waals surface area contributed by atoms with Gasteiger partial charge in [0.05, 0.1) is 62.3 Å². The van der Waals surface area contributed by atoms with Crippen LogP contribution in [-0.4, -0.2) is 18.7 Å². The molecule has 0 radical (unpaired) electrons. The Hall–Kier alpha value is -9.00. The highest BCUT2D eigenvalue weighted by molar-refractivity contribution is 6.12. The molecule has 79 heavy (non-hydrogen) atoms. The minimum absolute atomic E-state index is 0.00468. The van der Waals surface area contributed by atoms with E-state index in [1.165, 1.54) is 4.57 Å².